The van der Waals surface area contributed by atoms with E-state index in [4.69, 9.17) is 18.0 Å². The summed E-state index contributed by atoms with van der Waals surface area (Å²) in [6, 6.07) is 0. The molecule has 0 bridgehead atoms. The maximum atomic E-state index is 12.0. The first-order valence-electron chi connectivity index (χ1n) is 4.97. The number of nitrogens with zero attached hydrogens (tertiary/aromatic N) is 1. The number of halogens is 3. The monoisotopic (exact) mass is 240 g/mol. The van der Waals surface area contributed by atoms with E-state index in [1.54, 1.807) is 4.90 Å². The molecule has 88 valence electrons. The van der Waals surface area contributed by atoms with Crippen molar-refractivity contribution in [2.24, 2.45) is 11.7 Å². The van der Waals surface area contributed by atoms with Gasteiger partial charge >= 0.3 is 6.18 Å². The van der Waals surface area contributed by atoms with Crippen molar-refractivity contribution in [1.82, 2.24) is 4.90 Å². The summed E-state index contributed by atoms with van der Waals surface area (Å²) in [5.74, 6) is 0.0852. The molecule has 0 aromatic rings. The van der Waals surface area contributed by atoms with Crippen LogP contribution < -0.4 is 5.73 Å². The Balaban J connectivity index is 2.34. The smallest absolute Gasteiger partial charge is 0.390 e. The molecule has 2 N–H and O–H groups in total. The van der Waals surface area contributed by atoms with Crippen molar-refractivity contribution >= 4 is 17.2 Å². The van der Waals surface area contributed by atoms with Gasteiger partial charge in [0.2, 0.25) is 0 Å². The molecule has 0 aromatic carbocycles. The molecule has 1 heterocycles. The van der Waals surface area contributed by atoms with E-state index in [9.17, 15) is 13.2 Å². The average Bonchev–Trinajstić information content (AvgIpc) is 2.14. The highest BCUT2D eigenvalue weighted by molar-refractivity contribution is 7.80. The molecule has 1 rings (SSSR count). The molecule has 0 amide bonds. The lowest BCUT2D eigenvalue weighted by molar-refractivity contribution is -0.138. The number of rotatable bonds is 3. The van der Waals surface area contributed by atoms with Crippen LogP contribution in [0, 0.1) is 5.92 Å². The maximum absolute atomic E-state index is 12.0. The molecular weight excluding hydrogens is 225 g/mol. The van der Waals surface area contributed by atoms with Gasteiger partial charge in [-0.15, -0.1) is 0 Å². The Morgan fingerprint density at radius 3 is 2.67 bits per heavy atom. The number of piperidine rings is 1. The molecule has 1 aliphatic heterocycles. The molecule has 1 aliphatic rings. The molecule has 15 heavy (non-hydrogen) atoms. The molecule has 0 spiro atoms. The van der Waals surface area contributed by atoms with Crippen molar-refractivity contribution < 1.29 is 13.2 Å². The fourth-order valence-corrected chi connectivity index (χ4v) is 1.97. The second-order valence-electron chi connectivity index (χ2n) is 3.91. The molecule has 0 saturated carbocycles. The summed E-state index contributed by atoms with van der Waals surface area (Å²) >= 11 is 4.85. The molecule has 0 aliphatic carbocycles. The quantitative estimate of drug-likeness (QED) is 0.764. The predicted octanol–water partition coefficient (Wildman–Crippen LogP) is 1.94. The zero-order chi connectivity index (χ0) is 11.5. The van der Waals surface area contributed by atoms with E-state index in [1.165, 1.54) is 0 Å². The second-order valence-corrected chi connectivity index (χ2v) is 4.38. The van der Waals surface area contributed by atoms with E-state index in [0.29, 0.717) is 11.5 Å². The first-order chi connectivity index (χ1) is 6.88. The summed E-state index contributed by atoms with van der Waals surface area (Å²) in [7, 11) is 0. The Morgan fingerprint density at radius 1 is 1.47 bits per heavy atom. The zero-order valence-corrected chi connectivity index (χ0v) is 9.20. The molecule has 1 atom stereocenters. The summed E-state index contributed by atoms with van der Waals surface area (Å²) in [4.78, 5) is 2.22. The third-order valence-electron chi connectivity index (χ3n) is 2.62. The van der Waals surface area contributed by atoms with Crippen LogP contribution >= 0.6 is 12.2 Å². The maximum Gasteiger partial charge on any atom is 0.390 e. The highest BCUT2D eigenvalue weighted by atomic mass is 32.1. The highest BCUT2D eigenvalue weighted by Gasteiger charge is 2.29. The zero-order valence-electron chi connectivity index (χ0n) is 8.39. The van der Waals surface area contributed by atoms with Gasteiger partial charge in [-0.1, -0.05) is 12.2 Å². The summed E-state index contributed by atoms with van der Waals surface area (Å²) < 4.78 is 36.0. The van der Waals surface area contributed by atoms with E-state index >= 15 is 0 Å². The van der Waals surface area contributed by atoms with Gasteiger partial charge in [0.1, 0.15) is 0 Å². The fraction of sp³-hybridized carbons (Fsp3) is 0.889. The van der Waals surface area contributed by atoms with Crippen LogP contribution in [0.3, 0.4) is 0 Å². The minimum atomic E-state index is -4.07. The van der Waals surface area contributed by atoms with Crippen LogP contribution in [0.1, 0.15) is 19.3 Å². The Hall–Kier alpha value is -0.360. The fourth-order valence-electron chi connectivity index (χ4n) is 1.78. The summed E-state index contributed by atoms with van der Waals surface area (Å²) in [6.45, 7) is 1.35. The van der Waals surface area contributed by atoms with Crippen molar-refractivity contribution in [1.29, 1.82) is 0 Å². The number of alkyl halides is 3. The number of likely N-dealkylation sites (tertiary alicyclic amines) is 1. The van der Waals surface area contributed by atoms with Crippen LogP contribution in [0.4, 0.5) is 13.2 Å². The van der Waals surface area contributed by atoms with Gasteiger partial charge in [0.15, 0.2) is 0 Å². The van der Waals surface area contributed by atoms with Crippen LogP contribution in [0.5, 0.6) is 0 Å². The normalized spacial score (nSPS) is 24.1. The highest BCUT2D eigenvalue weighted by Crippen LogP contribution is 2.22. The molecule has 2 nitrogen and oxygen atoms in total. The van der Waals surface area contributed by atoms with Crippen molar-refractivity contribution in [2.45, 2.75) is 25.4 Å². The predicted molar refractivity (Wildman–Crippen MR) is 56.6 cm³/mol. The Labute approximate surface area is 92.6 Å². The molecule has 0 aromatic heterocycles. The van der Waals surface area contributed by atoms with E-state index in [0.717, 1.165) is 19.4 Å². The van der Waals surface area contributed by atoms with Gasteiger partial charge in [-0.05, 0) is 19.4 Å². The van der Waals surface area contributed by atoms with E-state index in [2.05, 4.69) is 0 Å². The summed E-state index contributed by atoms with van der Waals surface area (Å²) in [5.41, 5.74) is 5.49. The van der Waals surface area contributed by atoms with Crippen LogP contribution in [-0.4, -0.2) is 35.7 Å². The topological polar surface area (TPSA) is 29.3 Å². The molecular formula is C9H15F3N2S. The number of hydrogen-bond donors (Lipinski definition) is 1. The van der Waals surface area contributed by atoms with Gasteiger partial charge in [-0.25, -0.2) is 0 Å². The lowest BCUT2D eigenvalue weighted by Gasteiger charge is -2.32. The third-order valence-corrected chi connectivity index (χ3v) is 2.95. The molecule has 6 heteroatoms. The molecule has 0 radical (unpaired) electrons. The Morgan fingerprint density at radius 2 is 2.13 bits per heavy atom. The van der Waals surface area contributed by atoms with Crippen LogP contribution in [0.15, 0.2) is 0 Å². The van der Waals surface area contributed by atoms with Crippen LogP contribution in [-0.2, 0) is 0 Å². The average molecular weight is 240 g/mol. The SMILES string of the molecule is NC(=S)C1CCCN(CCC(F)(F)F)C1. The van der Waals surface area contributed by atoms with Gasteiger partial charge < -0.3 is 10.6 Å². The Bertz CT molecular complexity index is 230. The van der Waals surface area contributed by atoms with Gasteiger partial charge in [-0.3, -0.25) is 0 Å². The minimum Gasteiger partial charge on any atom is -0.393 e. The number of thiocarbonyl (C=S) groups is 1. The lowest BCUT2D eigenvalue weighted by Crippen LogP contribution is -2.41. The first kappa shape index (κ1) is 12.7. The number of nitrogens with two attached hydrogens (primary N) is 1. The van der Waals surface area contributed by atoms with E-state index in [-0.39, 0.29) is 12.5 Å². The van der Waals surface area contributed by atoms with Gasteiger partial charge in [-0.2, -0.15) is 13.2 Å². The van der Waals surface area contributed by atoms with Gasteiger partial charge in [0.05, 0.1) is 11.4 Å². The lowest BCUT2D eigenvalue weighted by atomic mass is 9.98. The summed E-state index contributed by atoms with van der Waals surface area (Å²) in [6.07, 6.45) is -3.05. The van der Waals surface area contributed by atoms with Crippen molar-refractivity contribution in [3.05, 3.63) is 0 Å². The van der Waals surface area contributed by atoms with E-state index in [1.807, 2.05) is 0 Å². The molecule has 1 saturated heterocycles. The van der Waals surface area contributed by atoms with Gasteiger partial charge in [0.25, 0.3) is 0 Å². The van der Waals surface area contributed by atoms with Crippen LogP contribution in [0.2, 0.25) is 0 Å². The third kappa shape index (κ3) is 4.79. The summed E-state index contributed by atoms with van der Waals surface area (Å²) in [5, 5.41) is 0. The van der Waals surface area contributed by atoms with Gasteiger partial charge in [0, 0.05) is 19.0 Å². The number of hydrogen-bond acceptors (Lipinski definition) is 2. The molecule has 1 unspecified atom stereocenters. The van der Waals surface area contributed by atoms with Crippen molar-refractivity contribution in [3.8, 4) is 0 Å². The standard InChI is InChI=1S/C9H15F3N2S/c10-9(11,12)3-5-14-4-1-2-7(6-14)8(13)15/h7H,1-6H2,(H2,13,15). The minimum absolute atomic E-state index is 0.0581. The van der Waals surface area contributed by atoms with E-state index < -0.39 is 12.6 Å². The van der Waals surface area contributed by atoms with Crippen molar-refractivity contribution in [2.75, 3.05) is 19.6 Å². The van der Waals surface area contributed by atoms with Crippen LogP contribution in [0.25, 0.3) is 0 Å². The second kappa shape index (κ2) is 5.12. The first-order valence-corrected chi connectivity index (χ1v) is 5.38. The molecule has 1 fully saturated rings. The van der Waals surface area contributed by atoms with Crippen molar-refractivity contribution in [3.63, 3.8) is 0 Å². The largest absolute Gasteiger partial charge is 0.393 e. The Kier molecular flexibility index (Phi) is 4.33.